The zero-order valence-corrected chi connectivity index (χ0v) is 9.95. The highest BCUT2D eigenvalue weighted by molar-refractivity contribution is 5.99. The Morgan fingerprint density at radius 3 is 2.06 bits per heavy atom. The Balaban J connectivity index is 0.000000606. The van der Waals surface area contributed by atoms with Gasteiger partial charge >= 0.3 is 0 Å². The van der Waals surface area contributed by atoms with E-state index in [0.717, 1.165) is 16.3 Å². The first kappa shape index (κ1) is 12.2. The Hall–Kier alpha value is -1.83. The Bertz CT molecular complexity index is 503. The molecule has 0 aromatic heterocycles. The molecule has 16 heavy (non-hydrogen) atoms. The largest absolute Gasteiger partial charge is 0.366 e. The fraction of sp³-hybridized carbons (Fsp3) is 0.214. The predicted octanol–water partition coefficient (Wildman–Crippen LogP) is 3.27. The first-order chi connectivity index (χ1) is 7.68. The van der Waals surface area contributed by atoms with Gasteiger partial charge in [0.25, 0.3) is 0 Å². The molecule has 0 fully saturated rings. The van der Waals surface area contributed by atoms with Gasteiger partial charge in [0, 0.05) is 5.56 Å². The average molecular weight is 215 g/mol. The van der Waals surface area contributed by atoms with Crippen molar-refractivity contribution in [3.8, 4) is 0 Å². The number of rotatable bonds is 1. The van der Waals surface area contributed by atoms with Crippen molar-refractivity contribution in [2.45, 2.75) is 20.8 Å². The summed E-state index contributed by atoms with van der Waals surface area (Å²) in [5, 5.41) is 2.18. The molecule has 0 spiro atoms. The van der Waals surface area contributed by atoms with Gasteiger partial charge in [-0.1, -0.05) is 44.2 Å². The SMILES string of the molecule is CC.Cc1cc2ccccc2cc1C(N)=O. The number of carbonyl (C=O) groups is 1. The molecule has 0 atom stereocenters. The van der Waals surface area contributed by atoms with Crippen LogP contribution in [0.1, 0.15) is 29.8 Å². The van der Waals surface area contributed by atoms with Crippen molar-refractivity contribution in [2.75, 3.05) is 0 Å². The summed E-state index contributed by atoms with van der Waals surface area (Å²) in [6.45, 7) is 5.90. The van der Waals surface area contributed by atoms with Crippen LogP contribution >= 0.6 is 0 Å². The normalized spacial score (nSPS) is 9.44. The molecule has 0 aliphatic carbocycles. The number of fused-ring (bicyclic) bond motifs is 1. The molecule has 0 bridgehead atoms. The zero-order valence-electron chi connectivity index (χ0n) is 9.95. The van der Waals surface area contributed by atoms with Gasteiger partial charge in [0.15, 0.2) is 0 Å². The van der Waals surface area contributed by atoms with E-state index in [1.165, 1.54) is 0 Å². The molecule has 0 aliphatic rings. The highest BCUT2D eigenvalue weighted by Crippen LogP contribution is 2.18. The Kier molecular flexibility index (Phi) is 4.06. The lowest BCUT2D eigenvalue weighted by Gasteiger charge is -2.04. The maximum atomic E-state index is 11.1. The molecule has 2 aromatic rings. The molecular weight excluding hydrogens is 198 g/mol. The van der Waals surface area contributed by atoms with E-state index < -0.39 is 0 Å². The maximum absolute atomic E-state index is 11.1. The van der Waals surface area contributed by atoms with Gasteiger partial charge in [-0.2, -0.15) is 0 Å². The molecule has 2 nitrogen and oxygen atoms in total. The van der Waals surface area contributed by atoms with E-state index in [9.17, 15) is 4.79 Å². The van der Waals surface area contributed by atoms with E-state index in [1.807, 2.05) is 57.2 Å². The summed E-state index contributed by atoms with van der Waals surface area (Å²) >= 11 is 0. The summed E-state index contributed by atoms with van der Waals surface area (Å²) in [7, 11) is 0. The molecule has 2 N–H and O–H groups in total. The van der Waals surface area contributed by atoms with E-state index in [1.54, 1.807) is 0 Å². The molecule has 1 amide bonds. The highest BCUT2D eigenvalue weighted by atomic mass is 16.1. The number of carbonyl (C=O) groups excluding carboxylic acids is 1. The Morgan fingerprint density at radius 1 is 1.06 bits per heavy atom. The first-order valence-electron chi connectivity index (χ1n) is 5.47. The van der Waals surface area contributed by atoms with Crippen molar-refractivity contribution >= 4 is 16.7 Å². The number of hydrogen-bond acceptors (Lipinski definition) is 1. The molecular formula is C14H17NO. The van der Waals surface area contributed by atoms with Gasteiger partial charge in [-0.25, -0.2) is 0 Å². The van der Waals surface area contributed by atoms with Gasteiger partial charge < -0.3 is 5.73 Å². The third-order valence-corrected chi connectivity index (χ3v) is 2.36. The smallest absolute Gasteiger partial charge is 0.248 e. The minimum atomic E-state index is -0.367. The van der Waals surface area contributed by atoms with Crippen LogP contribution in [0, 0.1) is 6.92 Å². The van der Waals surface area contributed by atoms with Crippen molar-refractivity contribution in [1.29, 1.82) is 0 Å². The summed E-state index contributed by atoms with van der Waals surface area (Å²) in [6.07, 6.45) is 0. The van der Waals surface area contributed by atoms with Crippen molar-refractivity contribution in [2.24, 2.45) is 5.73 Å². The summed E-state index contributed by atoms with van der Waals surface area (Å²) in [5.41, 5.74) is 6.79. The third-order valence-electron chi connectivity index (χ3n) is 2.36. The second-order valence-corrected chi connectivity index (χ2v) is 3.38. The monoisotopic (exact) mass is 215 g/mol. The van der Waals surface area contributed by atoms with Gasteiger partial charge in [-0.3, -0.25) is 4.79 Å². The van der Waals surface area contributed by atoms with Crippen LogP contribution < -0.4 is 5.73 Å². The lowest BCUT2D eigenvalue weighted by molar-refractivity contribution is 0.1000. The number of primary amides is 1. The molecule has 2 aromatic carbocycles. The molecule has 0 aliphatic heterocycles. The van der Waals surface area contributed by atoms with Crippen LogP contribution in [0.2, 0.25) is 0 Å². The van der Waals surface area contributed by atoms with E-state index in [-0.39, 0.29) is 5.91 Å². The molecule has 0 saturated heterocycles. The molecule has 0 saturated carbocycles. The number of hydrogen-bond donors (Lipinski definition) is 1. The van der Waals surface area contributed by atoms with Crippen LogP contribution in [-0.4, -0.2) is 5.91 Å². The molecule has 84 valence electrons. The second kappa shape index (κ2) is 5.31. The van der Waals surface area contributed by atoms with Crippen LogP contribution in [-0.2, 0) is 0 Å². The van der Waals surface area contributed by atoms with E-state index in [4.69, 9.17) is 5.73 Å². The number of nitrogens with two attached hydrogens (primary N) is 1. The summed E-state index contributed by atoms with van der Waals surface area (Å²) in [6, 6.07) is 11.7. The van der Waals surface area contributed by atoms with Crippen LogP contribution in [0.25, 0.3) is 10.8 Å². The van der Waals surface area contributed by atoms with Crippen molar-refractivity contribution < 1.29 is 4.79 Å². The highest BCUT2D eigenvalue weighted by Gasteiger charge is 2.05. The minimum Gasteiger partial charge on any atom is -0.366 e. The quantitative estimate of drug-likeness (QED) is 0.779. The fourth-order valence-electron chi connectivity index (χ4n) is 1.62. The van der Waals surface area contributed by atoms with Gasteiger partial charge in [-0.15, -0.1) is 0 Å². The van der Waals surface area contributed by atoms with Crippen molar-refractivity contribution in [3.05, 3.63) is 47.5 Å². The zero-order chi connectivity index (χ0) is 12.1. The van der Waals surface area contributed by atoms with Crippen LogP contribution in [0.5, 0.6) is 0 Å². The Morgan fingerprint density at radius 2 is 1.56 bits per heavy atom. The van der Waals surface area contributed by atoms with Gasteiger partial charge in [0.05, 0.1) is 0 Å². The Labute approximate surface area is 96.1 Å². The fourth-order valence-corrected chi connectivity index (χ4v) is 1.62. The molecule has 0 heterocycles. The summed E-state index contributed by atoms with van der Waals surface area (Å²) in [4.78, 5) is 11.1. The van der Waals surface area contributed by atoms with E-state index >= 15 is 0 Å². The lowest BCUT2D eigenvalue weighted by atomic mass is 10.0. The van der Waals surface area contributed by atoms with Crippen LogP contribution in [0.4, 0.5) is 0 Å². The summed E-state index contributed by atoms with van der Waals surface area (Å²) in [5.74, 6) is -0.367. The van der Waals surface area contributed by atoms with Crippen molar-refractivity contribution in [3.63, 3.8) is 0 Å². The van der Waals surface area contributed by atoms with Crippen LogP contribution in [0.3, 0.4) is 0 Å². The van der Waals surface area contributed by atoms with E-state index in [2.05, 4.69) is 0 Å². The third kappa shape index (κ3) is 2.40. The first-order valence-corrected chi connectivity index (χ1v) is 5.47. The minimum absolute atomic E-state index is 0.367. The number of amides is 1. The molecule has 0 radical (unpaired) electrons. The number of benzene rings is 2. The van der Waals surface area contributed by atoms with Gasteiger partial charge in [0.1, 0.15) is 0 Å². The predicted molar refractivity (Wildman–Crippen MR) is 68.6 cm³/mol. The maximum Gasteiger partial charge on any atom is 0.248 e. The lowest BCUT2D eigenvalue weighted by Crippen LogP contribution is -2.12. The topological polar surface area (TPSA) is 43.1 Å². The van der Waals surface area contributed by atoms with Crippen LogP contribution in [0.15, 0.2) is 36.4 Å². The molecule has 2 rings (SSSR count). The van der Waals surface area contributed by atoms with E-state index in [0.29, 0.717) is 5.56 Å². The second-order valence-electron chi connectivity index (χ2n) is 3.38. The standard InChI is InChI=1S/C12H11NO.C2H6/c1-8-6-9-4-2-3-5-10(9)7-11(8)12(13)14;1-2/h2-7H,1H3,(H2,13,14);1-2H3. The molecule has 0 unspecified atom stereocenters. The number of aryl methyl sites for hydroxylation is 1. The van der Waals surface area contributed by atoms with Gasteiger partial charge in [0.2, 0.25) is 5.91 Å². The molecule has 2 heteroatoms. The van der Waals surface area contributed by atoms with Gasteiger partial charge in [-0.05, 0) is 29.3 Å². The summed E-state index contributed by atoms with van der Waals surface area (Å²) < 4.78 is 0. The van der Waals surface area contributed by atoms with Crippen molar-refractivity contribution in [1.82, 2.24) is 0 Å². The average Bonchev–Trinajstić information content (AvgIpc) is 2.30.